The largest absolute Gasteiger partial charge is 0.507 e. The number of aromatic nitrogens is 1. The Morgan fingerprint density at radius 2 is 2.17 bits per heavy atom. The van der Waals surface area contributed by atoms with E-state index in [1.807, 2.05) is 0 Å². The number of morpholine rings is 1. The maximum atomic E-state index is 13.1. The summed E-state index contributed by atoms with van der Waals surface area (Å²) in [5.41, 5.74) is 1.04. The van der Waals surface area contributed by atoms with E-state index in [4.69, 9.17) is 9.47 Å². The van der Waals surface area contributed by atoms with E-state index in [9.17, 15) is 19.8 Å². The number of amides is 1. The first-order chi connectivity index (χ1) is 13.7. The summed E-state index contributed by atoms with van der Waals surface area (Å²) in [5.74, 6) is -0.125. The van der Waals surface area contributed by atoms with Gasteiger partial charge in [-0.25, -0.2) is 0 Å². The zero-order valence-electron chi connectivity index (χ0n) is 15.7. The molecule has 1 amide bonds. The normalized spacial score (nSPS) is 16.0. The van der Waals surface area contributed by atoms with E-state index in [2.05, 4.69) is 4.98 Å². The van der Waals surface area contributed by atoms with Crippen molar-refractivity contribution in [3.8, 4) is 11.5 Å². The quantitative estimate of drug-likeness (QED) is 0.650. The second kappa shape index (κ2) is 10.8. The number of phenolic OH excluding ortho intramolecular Hbond substituents is 1. The summed E-state index contributed by atoms with van der Waals surface area (Å²) in [6, 6.07) is 7.57. The number of benzene rings is 1. The number of pyridine rings is 1. The van der Waals surface area contributed by atoms with Crippen LogP contribution >= 0.6 is 12.4 Å². The molecule has 8 nitrogen and oxygen atoms in total. The van der Waals surface area contributed by atoms with Crippen LogP contribution in [0.15, 0.2) is 36.5 Å². The first-order valence-corrected chi connectivity index (χ1v) is 8.99. The van der Waals surface area contributed by atoms with Gasteiger partial charge in [0.1, 0.15) is 18.1 Å². The van der Waals surface area contributed by atoms with E-state index in [1.165, 1.54) is 6.07 Å². The third-order valence-electron chi connectivity index (χ3n) is 4.55. The summed E-state index contributed by atoms with van der Waals surface area (Å²) in [6.45, 7) is 1.09. The van der Waals surface area contributed by atoms with Gasteiger partial charge in [-0.1, -0.05) is 6.07 Å². The fraction of sp³-hybridized carbons (Fsp3) is 0.350. The number of halogens is 1. The lowest BCUT2D eigenvalue weighted by molar-refractivity contribution is -0.0152. The van der Waals surface area contributed by atoms with Gasteiger partial charge in [-0.15, -0.1) is 12.4 Å². The van der Waals surface area contributed by atoms with Crippen molar-refractivity contribution in [3.05, 3.63) is 53.3 Å². The summed E-state index contributed by atoms with van der Waals surface area (Å²) in [4.78, 5) is 30.1. The zero-order chi connectivity index (χ0) is 19.9. The Bertz CT molecular complexity index is 847. The van der Waals surface area contributed by atoms with E-state index in [1.54, 1.807) is 35.4 Å². The molecule has 1 aromatic heterocycles. The van der Waals surface area contributed by atoms with Crippen LogP contribution in [-0.2, 0) is 11.2 Å². The standard InChI is InChI=1S/C20H22N2O6.ClH/c23-9-6-17-15(3-2-7-21-17)20(26)22-8-10-27-12-14(22)13-28-19-5-1-4-18(25)16(19)11-24;/h1-5,7,11,14,23,25H,6,8-10,12-13H2;1H/t14-;/m0./s1. The zero-order valence-corrected chi connectivity index (χ0v) is 16.5. The second-order valence-electron chi connectivity index (χ2n) is 6.32. The molecule has 9 heteroatoms. The highest BCUT2D eigenvalue weighted by atomic mass is 35.5. The molecule has 156 valence electrons. The fourth-order valence-electron chi connectivity index (χ4n) is 3.12. The molecule has 0 unspecified atom stereocenters. The third kappa shape index (κ3) is 5.23. The summed E-state index contributed by atoms with van der Waals surface area (Å²) < 4.78 is 11.2. The van der Waals surface area contributed by atoms with Gasteiger partial charge >= 0.3 is 0 Å². The third-order valence-corrected chi connectivity index (χ3v) is 4.55. The van der Waals surface area contributed by atoms with E-state index in [0.717, 1.165) is 0 Å². The minimum Gasteiger partial charge on any atom is -0.507 e. The van der Waals surface area contributed by atoms with Crippen LogP contribution < -0.4 is 4.74 Å². The van der Waals surface area contributed by atoms with Gasteiger partial charge in [-0.2, -0.15) is 0 Å². The van der Waals surface area contributed by atoms with Crippen LogP contribution in [0.1, 0.15) is 26.4 Å². The summed E-state index contributed by atoms with van der Waals surface area (Å²) in [5, 5.41) is 19.0. The number of hydrogen-bond acceptors (Lipinski definition) is 7. The number of nitrogens with zero attached hydrogens (tertiary/aromatic N) is 2. The maximum absolute atomic E-state index is 13.1. The van der Waals surface area contributed by atoms with Crippen molar-refractivity contribution in [2.24, 2.45) is 0 Å². The van der Waals surface area contributed by atoms with Crippen molar-refractivity contribution >= 4 is 24.6 Å². The number of ether oxygens (including phenoxy) is 2. The van der Waals surface area contributed by atoms with Crippen LogP contribution in [0.3, 0.4) is 0 Å². The molecule has 2 heterocycles. The molecule has 3 rings (SSSR count). The first kappa shape index (κ1) is 22.6. The molecule has 0 radical (unpaired) electrons. The second-order valence-corrected chi connectivity index (χ2v) is 6.32. The monoisotopic (exact) mass is 422 g/mol. The first-order valence-electron chi connectivity index (χ1n) is 8.99. The number of phenols is 1. The number of carbonyl (C=O) groups is 2. The van der Waals surface area contributed by atoms with Crippen LogP contribution in [0, 0.1) is 0 Å². The van der Waals surface area contributed by atoms with E-state index in [-0.39, 0.29) is 61.2 Å². The Hall–Kier alpha value is -2.68. The number of aromatic hydroxyl groups is 1. The molecular formula is C20H23ClN2O6. The van der Waals surface area contributed by atoms with E-state index < -0.39 is 0 Å². The number of rotatable bonds is 7. The number of aliphatic hydroxyl groups is 1. The van der Waals surface area contributed by atoms with Gasteiger partial charge in [0.2, 0.25) is 0 Å². The molecule has 29 heavy (non-hydrogen) atoms. The smallest absolute Gasteiger partial charge is 0.256 e. The Kier molecular flexibility index (Phi) is 8.38. The Balaban J connectivity index is 0.00000300. The van der Waals surface area contributed by atoms with Crippen molar-refractivity contribution in [1.29, 1.82) is 0 Å². The topological polar surface area (TPSA) is 109 Å². The van der Waals surface area contributed by atoms with Gasteiger partial charge in [0.15, 0.2) is 6.29 Å². The van der Waals surface area contributed by atoms with Crippen molar-refractivity contribution < 1.29 is 29.3 Å². The number of aldehydes is 1. The Morgan fingerprint density at radius 3 is 2.93 bits per heavy atom. The van der Waals surface area contributed by atoms with E-state index in [0.29, 0.717) is 37.1 Å². The SMILES string of the molecule is Cl.O=Cc1c(O)cccc1OC[C@@H]1COCCN1C(=O)c1cccnc1CCO. The highest BCUT2D eigenvalue weighted by Gasteiger charge is 2.30. The van der Waals surface area contributed by atoms with Gasteiger partial charge in [0.25, 0.3) is 5.91 Å². The van der Waals surface area contributed by atoms with Gasteiger partial charge in [0, 0.05) is 25.8 Å². The molecular weight excluding hydrogens is 400 g/mol. The molecule has 1 fully saturated rings. The predicted octanol–water partition coefficient (Wildman–Crippen LogP) is 1.48. The molecule has 0 aliphatic carbocycles. The van der Waals surface area contributed by atoms with Gasteiger partial charge in [0.05, 0.1) is 36.1 Å². The lowest BCUT2D eigenvalue weighted by Gasteiger charge is -2.35. The van der Waals surface area contributed by atoms with Crippen molar-refractivity contribution in [3.63, 3.8) is 0 Å². The molecule has 2 N–H and O–H groups in total. The van der Waals surface area contributed by atoms with Crippen LogP contribution in [0.5, 0.6) is 11.5 Å². The summed E-state index contributed by atoms with van der Waals surface area (Å²) in [6.07, 6.45) is 2.41. The highest BCUT2D eigenvalue weighted by molar-refractivity contribution is 5.95. The lowest BCUT2D eigenvalue weighted by Crippen LogP contribution is -2.51. The Labute approximate surface area is 174 Å². The van der Waals surface area contributed by atoms with Crippen LogP contribution in [-0.4, -0.2) is 71.3 Å². The van der Waals surface area contributed by atoms with Crippen LogP contribution in [0.25, 0.3) is 0 Å². The lowest BCUT2D eigenvalue weighted by atomic mass is 10.1. The Morgan fingerprint density at radius 1 is 1.34 bits per heavy atom. The minimum atomic E-state index is -0.370. The van der Waals surface area contributed by atoms with Crippen molar-refractivity contribution in [2.75, 3.05) is 33.0 Å². The molecule has 1 aromatic carbocycles. The molecule has 1 aliphatic heterocycles. The van der Waals surface area contributed by atoms with Crippen molar-refractivity contribution in [2.45, 2.75) is 12.5 Å². The molecule has 0 saturated carbocycles. The molecule has 1 atom stereocenters. The number of hydrogen-bond donors (Lipinski definition) is 2. The maximum Gasteiger partial charge on any atom is 0.256 e. The minimum absolute atomic E-state index is 0. The van der Waals surface area contributed by atoms with Crippen molar-refractivity contribution in [1.82, 2.24) is 9.88 Å². The summed E-state index contributed by atoms with van der Waals surface area (Å²) in [7, 11) is 0. The van der Waals surface area contributed by atoms with Gasteiger partial charge in [-0.3, -0.25) is 14.6 Å². The molecule has 1 aliphatic rings. The van der Waals surface area contributed by atoms with Gasteiger partial charge < -0.3 is 24.6 Å². The predicted molar refractivity (Wildman–Crippen MR) is 107 cm³/mol. The number of aliphatic hydroxyl groups excluding tert-OH is 1. The fourth-order valence-corrected chi connectivity index (χ4v) is 3.12. The van der Waals surface area contributed by atoms with Crippen LogP contribution in [0.2, 0.25) is 0 Å². The average Bonchev–Trinajstić information content (AvgIpc) is 2.72. The van der Waals surface area contributed by atoms with Gasteiger partial charge in [-0.05, 0) is 24.3 Å². The molecule has 0 bridgehead atoms. The average molecular weight is 423 g/mol. The summed E-state index contributed by atoms with van der Waals surface area (Å²) >= 11 is 0. The molecule has 2 aromatic rings. The van der Waals surface area contributed by atoms with Crippen LogP contribution in [0.4, 0.5) is 0 Å². The highest BCUT2D eigenvalue weighted by Crippen LogP contribution is 2.26. The number of carbonyl (C=O) groups excluding carboxylic acids is 2. The van der Waals surface area contributed by atoms with E-state index >= 15 is 0 Å². The molecule has 1 saturated heterocycles. The molecule has 0 spiro atoms.